The smallest absolute Gasteiger partial charge is 0.331 e. The Morgan fingerprint density at radius 2 is 1.00 bits per heavy atom. The van der Waals surface area contributed by atoms with Crippen LogP contribution in [0.1, 0.15) is 168 Å². The van der Waals surface area contributed by atoms with Gasteiger partial charge in [-0.3, -0.25) is 9.36 Å². The summed E-state index contributed by atoms with van der Waals surface area (Å²) in [5.74, 6) is -1.15. The van der Waals surface area contributed by atoms with Gasteiger partial charge in [0.2, 0.25) is 0 Å². The molecule has 10 heteroatoms. The molecule has 0 aromatic carbocycles. The van der Waals surface area contributed by atoms with Crippen molar-refractivity contribution in [1.82, 2.24) is 0 Å². The molecule has 0 rings (SSSR count). The SMILES string of the molecule is CCCCCCCCC\C=C/C=C\C=C/C=C/C=CC=CC(=O)O[C@H](COC(=O)CCCCCCCCCCCCCCCCC)COP(=O)([O-])OCC[N+](C)(C)C. The van der Waals surface area contributed by atoms with Gasteiger partial charge in [0.05, 0.1) is 27.7 Å². The third-order valence-electron chi connectivity index (χ3n) is 9.47. The van der Waals surface area contributed by atoms with E-state index in [1.165, 1.54) is 134 Å². The molecular weight excluding hydrogens is 750 g/mol. The Bertz CT molecular complexity index is 1220. The van der Waals surface area contributed by atoms with Gasteiger partial charge in [0, 0.05) is 12.5 Å². The van der Waals surface area contributed by atoms with Gasteiger partial charge >= 0.3 is 11.9 Å². The van der Waals surface area contributed by atoms with Crippen molar-refractivity contribution in [3.8, 4) is 0 Å². The van der Waals surface area contributed by atoms with Crippen LogP contribution in [0.2, 0.25) is 0 Å². The van der Waals surface area contributed by atoms with Gasteiger partial charge in [-0.25, -0.2) is 4.79 Å². The molecule has 1 unspecified atom stereocenters. The largest absolute Gasteiger partial charge is 0.756 e. The third kappa shape index (κ3) is 43.0. The van der Waals surface area contributed by atoms with Crippen molar-refractivity contribution >= 4 is 19.8 Å². The number of nitrogens with zero attached hydrogens (tertiary/aromatic N) is 1. The van der Waals surface area contributed by atoms with Crippen LogP contribution in [0.5, 0.6) is 0 Å². The summed E-state index contributed by atoms with van der Waals surface area (Å²) in [6.45, 7) is 4.02. The quantitative estimate of drug-likeness (QED) is 0.0150. The molecule has 0 saturated carbocycles. The highest BCUT2D eigenvalue weighted by Gasteiger charge is 2.21. The second kappa shape index (κ2) is 39.9. The van der Waals surface area contributed by atoms with E-state index in [0.29, 0.717) is 17.4 Å². The Morgan fingerprint density at radius 3 is 1.48 bits per heavy atom. The molecule has 9 nitrogen and oxygen atoms in total. The predicted molar refractivity (Wildman–Crippen MR) is 240 cm³/mol. The number of allylic oxidation sites excluding steroid dienone is 11. The van der Waals surface area contributed by atoms with Crippen molar-refractivity contribution in [2.45, 2.75) is 174 Å². The molecule has 0 fully saturated rings. The van der Waals surface area contributed by atoms with Gasteiger partial charge in [-0.1, -0.05) is 209 Å². The summed E-state index contributed by atoms with van der Waals surface area (Å²) in [5, 5.41) is 0. The van der Waals surface area contributed by atoms with Crippen LogP contribution >= 0.6 is 7.82 Å². The highest BCUT2D eigenvalue weighted by atomic mass is 31.2. The molecule has 0 saturated heterocycles. The number of ether oxygens (including phenoxy) is 2. The van der Waals surface area contributed by atoms with Crippen LogP contribution in [0, 0.1) is 0 Å². The Kier molecular flexibility index (Phi) is 38.1. The molecule has 0 spiro atoms. The van der Waals surface area contributed by atoms with Crippen molar-refractivity contribution < 1.29 is 42.1 Å². The van der Waals surface area contributed by atoms with Gasteiger partial charge in [-0.2, -0.15) is 0 Å². The topological polar surface area (TPSA) is 111 Å². The number of phosphoric ester groups is 1. The lowest BCUT2D eigenvalue weighted by molar-refractivity contribution is -0.870. The lowest BCUT2D eigenvalue weighted by Crippen LogP contribution is -2.37. The van der Waals surface area contributed by atoms with Crippen molar-refractivity contribution in [1.29, 1.82) is 0 Å². The van der Waals surface area contributed by atoms with E-state index in [2.05, 4.69) is 26.0 Å². The van der Waals surface area contributed by atoms with E-state index in [0.717, 1.165) is 19.3 Å². The Balaban J connectivity index is 4.59. The number of unbranched alkanes of at least 4 members (excludes halogenated alkanes) is 21. The number of quaternary nitrogens is 1. The van der Waals surface area contributed by atoms with Crippen LogP contribution < -0.4 is 4.89 Å². The van der Waals surface area contributed by atoms with Gasteiger partial charge < -0.3 is 27.9 Å². The van der Waals surface area contributed by atoms with Gasteiger partial charge in [0.1, 0.15) is 19.8 Å². The van der Waals surface area contributed by atoms with E-state index in [9.17, 15) is 19.0 Å². The zero-order valence-electron chi connectivity index (χ0n) is 37.5. The molecule has 0 aromatic heterocycles. The highest BCUT2D eigenvalue weighted by Crippen LogP contribution is 2.38. The number of carbonyl (C=O) groups is 2. The standard InChI is InChI=1S/C48H84NO8P/c1-6-8-10-12-14-16-18-20-22-23-24-25-27-29-31-33-35-37-39-41-48(51)57-46(45-56-58(52,53)55-43-42-49(3,4)5)44-54-47(50)40-38-36-34-32-30-28-26-21-19-17-15-13-11-9-7-2/h22-25,27,29,31,33,35,37,39,41,46H,6-21,26,28,30,32,34,36,38,40,42-45H2,1-5H3/b23-22-,25-24-,29-27-,33-31+,37-35?,41-39?/t46-/m1/s1. The van der Waals surface area contributed by atoms with Crippen molar-refractivity contribution in [3.05, 3.63) is 72.9 Å². The van der Waals surface area contributed by atoms with E-state index < -0.39 is 32.5 Å². The van der Waals surface area contributed by atoms with Crippen LogP contribution in [-0.4, -0.2) is 70.0 Å². The number of esters is 2. The monoisotopic (exact) mass is 834 g/mol. The molecule has 0 aliphatic rings. The van der Waals surface area contributed by atoms with Crippen molar-refractivity contribution in [2.75, 3.05) is 47.5 Å². The van der Waals surface area contributed by atoms with Gasteiger partial charge in [0.15, 0.2) is 6.10 Å². The molecule has 0 heterocycles. The van der Waals surface area contributed by atoms with Crippen LogP contribution in [0.3, 0.4) is 0 Å². The molecule has 0 radical (unpaired) electrons. The fourth-order valence-corrected chi connectivity index (χ4v) is 6.63. The van der Waals surface area contributed by atoms with Crippen LogP contribution in [0.25, 0.3) is 0 Å². The molecule has 0 N–H and O–H groups in total. The first-order valence-corrected chi connectivity index (χ1v) is 24.2. The fraction of sp³-hybridized carbons (Fsp3) is 0.708. The highest BCUT2D eigenvalue weighted by molar-refractivity contribution is 7.45. The molecular formula is C48H84NO8P. The molecule has 58 heavy (non-hydrogen) atoms. The Labute approximate surface area is 355 Å². The number of rotatable bonds is 40. The summed E-state index contributed by atoms with van der Waals surface area (Å²) in [6.07, 6.45) is 50.0. The van der Waals surface area contributed by atoms with Crippen LogP contribution in [0.4, 0.5) is 0 Å². The minimum atomic E-state index is -4.67. The minimum Gasteiger partial charge on any atom is -0.756 e. The summed E-state index contributed by atoms with van der Waals surface area (Å²) in [4.78, 5) is 37.4. The summed E-state index contributed by atoms with van der Waals surface area (Å²) in [7, 11) is 1.07. The Hall–Kier alpha value is -2.55. The maximum absolute atomic E-state index is 12.6. The lowest BCUT2D eigenvalue weighted by atomic mass is 10.0. The molecule has 0 bridgehead atoms. The molecule has 0 aromatic rings. The zero-order valence-corrected chi connectivity index (χ0v) is 38.4. The van der Waals surface area contributed by atoms with Crippen LogP contribution in [0.15, 0.2) is 72.9 Å². The normalized spacial score (nSPS) is 14.2. The molecule has 0 aliphatic heterocycles. The first-order chi connectivity index (χ1) is 28.0. The number of likely N-dealkylation sites (N-methyl/N-ethyl adjacent to an activating group) is 1. The van der Waals surface area contributed by atoms with E-state index >= 15 is 0 Å². The predicted octanol–water partition coefficient (Wildman–Crippen LogP) is 12.4. The summed E-state index contributed by atoms with van der Waals surface area (Å²) < 4.78 is 33.6. The molecule has 334 valence electrons. The first kappa shape index (κ1) is 55.5. The fourth-order valence-electron chi connectivity index (χ4n) is 5.90. The molecule has 0 amide bonds. The maximum Gasteiger partial charge on any atom is 0.331 e. The van der Waals surface area contributed by atoms with E-state index in [1.54, 1.807) is 12.2 Å². The molecule has 2 atom stereocenters. The Morgan fingerprint density at radius 1 is 0.569 bits per heavy atom. The number of hydrogen-bond donors (Lipinski definition) is 0. The molecule has 0 aliphatic carbocycles. The van der Waals surface area contributed by atoms with Gasteiger partial charge in [0.25, 0.3) is 7.82 Å². The average molecular weight is 834 g/mol. The van der Waals surface area contributed by atoms with E-state index in [-0.39, 0.29) is 19.6 Å². The number of phosphoric acid groups is 1. The maximum atomic E-state index is 12.6. The van der Waals surface area contributed by atoms with Crippen molar-refractivity contribution in [3.63, 3.8) is 0 Å². The zero-order chi connectivity index (χ0) is 42.8. The van der Waals surface area contributed by atoms with Crippen LogP contribution in [-0.2, 0) is 32.7 Å². The number of hydrogen-bond acceptors (Lipinski definition) is 8. The summed E-state index contributed by atoms with van der Waals surface area (Å²) >= 11 is 0. The number of carbonyl (C=O) groups excluding carboxylic acids is 2. The van der Waals surface area contributed by atoms with E-state index in [4.69, 9.17) is 18.5 Å². The van der Waals surface area contributed by atoms with Crippen molar-refractivity contribution in [2.24, 2.45) is 0 Å². The minimum absolute atomic E-state index is 0.0598. The lowest BCUT2D eigenvalue weighted by Gasteiger charge is -2.28. The summed E-state index contributed by atoms with van der Waals surface area (Å²) in [6, 6.07) is 0. The second-order valence-electron chi connectivity index (χ2n) is 16.3. The second-order valence-corrected chi connectivity index (χ2v) is 17.7. The summed E-state index contributed by atoms with van der Waals surface area (Å²) in [5.41, 5.74) is 0. The third-order valence-corrected chi connectivity index (χ3v) is 10.4. The van der Waals surface area contributed by atoms with E-state index in [1.807, 2.05) is 57.6 Å². The average Bonchev–Trinajstić information content (AvgIpc) is 3.17. The van der Waals surface area contributed by atoms with Gasteiger partial charge in [-0.05, 0) is 19.3 Å². The first-order valence-electron chi connectivity index (χ1n) is 22.8. The van der Waals surface area contributed by atoms with Gasteiger partial charge in [-0.15, -0.1) is 0 Å².